The minimum Gasteiger partial charge on any atom is -0.379 e. The fourth-order valence-corrected chi connectivity index (χ4v) is 4.92. The molecule has 2 aromatic carbocycles. The van der Waals surface area contributed by atoms with E-state index in [-0.39, 0.29) is 28.2 Å². The number of hydrogen-bond acceptors (Lipinski definition) is 5. The van der Waals surface area contributed by atoms with Crippen LogP contribution in [0, 0.1) is 0 Å². The van der Waals surface area contributed by atoms with E-state index in [1.807, 2.05) is 0 Å². The van der Waals surface area contributed by atoms with Crippen molar-refractivity contribution in [2.75, 3.05) is 45.7 Å². The van der Waals surface area contributed by atoms with Crippen LogP contribution in [-0.2, 0) is 26.0 Å². The molecule has 1 aliphatic heterocycles. The van der Waals surface area contributed by atoms with Gasteiger partial charge in [0.2, 0.25) is 15.9 Å². The summed E-state index contributed by atoms with van der Waals surface area (Å²) in [4.78, 5) is 26.0. The van der Waals surface area contributed by atoms with Crippen molar-refractivity contribution in [3.05, 3.63) is 58.6 Å². The predicted octanol–water partition coefficient (Wildman–Crippen LogP) is 2.63. The van der Waals surface area contributed by atoms with Crippen molar-refractivity contribution in [2.45, 2.75) is 17.7 Å². The van der Waals surface area contributed by atoms with Crippen molar-refractivity contribution in [2.24, 2.45) is 0 Å². The third kappa shape index (κ3) is 5.86. The van der Waals surface area contributed by atoms with E-state index in [1.165, 1.54) is 9.21 Å². The maximum absolute atomic E-state index is 12.7. The Kier molecular flexibility index (Phi) is 7.89. The minimum absolute atomic E-state index is 0.210. The molecule has 1 N–H and O–H groups in total. The monoisotopic (exact) mass is 479 g/mol. The molecule has 0 bridgehead atoms. The van der Waals surface area contributed by atoms with E-state index in [0.717, 1.165) is 5.56 Å². The first-order chi connectivity index (χ1) is 15.2. The SMILES string of the molecule is CN(C)C(=O)c1ccc(NC(=O)CCc2ccc(S(=O)(=O)N3CCOCC3)cc2)cc1Cl. The number of nitrogens with one attached hydrogen (secondary N) is 1. The zero-order valence-electron chi connectivity index (χ0n) is 18.0. The fraction of sp³-hybridized carbons (Fsp3) is 0.364. The maximum Gasteiger partial charge on any atom is 0.254 e. The van der Waals surface area contributed by atoms with Crippen LogP contribution in [-0.4, -0.2) is 69.8 Å². The number of sulfonamides is 1. The molecule has 10 heteroatoms. The molecular formula is C22H26ClN3O5S. The Morgan fingerprint density at radius 2 is 1.75 bits per heavy atom. The number of halogens is 1. The van der Waals surface area contributed by atoms with E-state index in [2.05, 4.69) is 5.32 Å². The first-order valence-corrected chi connectivity index (χ1v) is 12.0. The second kappa shape index (κ2) is 10.4. The van der Waals surface area contributed by atoms with E-state index >= 15 is 0 Å². The highest BCUT2D eigenvalue weighted by Crippen LogP contribution is 2.22. The predicted molar refractivity (Wildman–Crippen MR) is 122 cm³/mol. The van der Waals surface area contributed by atoms with E-state index in [1.54, 1.807) is 56.6 Å². The number of carbonyl (C=O) groups is 2. The molecular weight excluding hydrogens is 454 g/mol. The van der Waals surface area contributed by atoms with Crippen LogP contribution in [0.4, 0.5) is 5.69 Å². The Hall–Kier alpha value is -2.46. The van der Waals surface area contributed by atoms with Crippen molar-refractivity contribution in [1.29, 1.82) is 0 Å². The van der Waals surface area contributed by atoms with Crippen LogP contribution in [0.15, 0.2) is 47.4 Å². The Bertz CT molecular complexity index is 1080. The van der Waals surface area contributed by atoms with Gasteiger partial charge in [-0.2, -0.15) is 4.31 Å². The average Bonchev–Trinajstić information content (AvgIpc) is 2.78. The van der Waals surface area contributed by atoms with Gasteiger partial charge in [0.25, 0.3) is 5.91 Å². The first-order valence-electron chi connectivity index (χ1n) is 10.2. The highest BCUT2D eigenvalue weighted by atomic mass is 35.5. The summed E-state index contributed by atoms with van der Waals surface area (Å²) in [5, 5.41) is 3.03. The maximum atomic E-state index is 12.7. The van der Waals surface area contributed by atoms with E-state index in [9.17, 15) is 18.0 Å². The number of rotatable bonds is 7. The fourth-order valence-electron chi connectivity index (χ4n) is 3.25. The quantitative estimate of drug-likeness (QED) is 0.658. The molecule has 2 amide bonds. The number of hydrogen-bond donors (Lipinski definition) is 1. The summed E-state index contributed by atoms with van der Waals surface area (Å²) >= 11 is 6.17. The first kappa shape index (κ1) is 24.2. The van der Waals surface area contributed by atoms with Gasteiger partial charge in [0, 0.05) is 39.3 Å². The van der Waals surface area contributed by atoms with Gasteiger partial charge in [0.05, 0.1) is 28.7 Å². The zero-order chi connectivity index (χ0) is 23.3. The van der Waals surface area contributed by atoms with Crippen molar-refractivity contribution >= 4 is 39.1 Å². The number of benzene rings is 2. The highest BCUT2D eigenvalue weighted by Gasteiger charge is 2.26. The zero-order valence-corrected chi connectivity index (χ0v) is 19.6. The van der Waals surface area contributed by atoms with Gasteiger partial charge in [-0.15, -0.1) is 0 Å². The smallest absolute Gasteiger partial charge is 0.254 e. The molecule has 1 heterocycles. The van der Waals surface area contributed by atoms with Gasteiger partial charge in [-0.05, 0) is 42.3 Å². The summed E-state index contributed by atoms with van der Waals surface area (Å²) in [6.45, 7) is 1.48. The number of aryl methyl sites for hydroxylation is 1. The Labute approximate surface area is 193 Å². The van der Waals surface area contributed by atoms with Crippen molar-refractivity contribution < 1.29 is 22.7 Å². The molecule has 0 atom stereocenters. The number of nitrogens with zero attached hydrogens (tertiary/aromatic N) is 2. The second-order valence-electron chi connectivity index (χ2n) is 7.60. The van der Waals surface area contributed by atoms with E-state index in [4.69, 9.17) is 16.3 Å². The lowest BCUT2D eigenvalue weighted by Crippen LogP contribution is -2.40. The van der Waals surface area contributed by atoms with Crippen LogP contribution < -0.4 is 5.32 Å². The van der Waals surface area contributed by atoms with Crippen LogP contribution >= 0.6 is 11.6 Å². The van der Waals surface area contributed by atoms with Gasteiger partial charge >= 0.3 is 0 Å². The topological polar surface area (TPSA) is 96.0 Å². The number of anilines is 1. The molecule has 2 aromatic rings. The second-order valence-corrected chi connectivity index (χ2v) is 9.95. The van der Waals surface area contributed by atoms with Crippen molar-refractivity contribution in [1.82, 2.24) is 9.21 Å². The minimum atomic E-state index is -3.54. The normalized spacial score (nSPS) is 14.7. The third-order valence-corrected chi connectivity index (χ3v) is 7.29. The Morgan fingerprint density at radius 1 is 1.09 bits per heavy atom. The van der Waals surface area contributed by atoms with Gasteiger partial charge in [-0.1, -0.05) is 23.7 Å². The van der Waals surface area contributed by atoms with Crippen LogP contribution in [0.3, 0.4) is 0 Å². The van der Waals surface area contributed by atoms with Crippen molar-refractivity contribution in [3.63, 3.8) is 0 Å². The lowest BCUT2D eigenvalue weighted by molar-refractivity contribution is -0.116. The van der Waals surface area contributed by atoms with Gasteiger partial charge < -0.3 is 15.0 Å². The molecule has 32 heavy (non-hydrogen) atoms. The van der Waals surface area contributed by atoms with Crippen LogP contribution in [0.5, 0.6) is 0 Å². The largest absolute Gasteiger partial charge is 0.379 e. The summed E-state index contributed by atoms with van der Waals surface area (Å²) in [5.41, 5.74) is 1.72. The third-order valence-electron chi connectivity index (χ3n) is 5.06. The molecule has 0 saturated carbocycles. The van der Waals surface area contributed by atoms with Crippen molar-refractivity contribution in [3.8, 4) is 0 Å². The Morgan fingerprint density at radius 3 is 2.34 bits per heavy atom. The molecule has 0 radical (unpaired) electrons. The molecule has 1 saturated heterocycles. The molecule has 3 rings (SSSR count). The number of amides is 2. The molecule has 0 aliphatic carbocycles. The van der Waals surface area contributed by atoms with Gasteiger partial charge in [0.15, 0.2) is 0 Å². The molecule has 172 valence electrons. The summed E-state index contributed by atoms with van der Waals surface area (Å²) in [6, 6.07) is 11.3. The number of morpholine rings is 1. The van der Waals surface area contributed by atoms with E-state index < -0.39 is 10.0 Å². The summed E-state index contributed by atoms with van der Waals surface area (Å²) in [5.74, 6) is -0.426. The number of carbonyl (C=O) groups excluding carboxylic acids is 2. The summed E-state index contributed by atoms with van der Waals surface area (Å²) in [6.07, 6.45) is 0.667. The molecule has 8 nitrogen and oxygen atoms in total. The summed E-state index contributed by atoms with van der Waals surface area (Å²) in [7, 11) is -0.260. The van der Waals surface area contributed by atoms with Crippen LogP contribution in [0.25, 0.3) is 0 Å². The number of ether oxygens (including phenoxy) is 1. The molecule has 0 aromatic heterocycles. The van der Waals surface area contributed by atoms with Gasteiger partial charge in [-0.25, -0.2) is 8.42 Å². The molecule has 1 aliphatic rings. The van der Waals surface area contributed by atoms with Gasteiger partial charge in [0.1, 0.15) is 0 Å². The highest BCUT2D eigenvalue weighted by molar-refractivity contribution is 7.89. The van der Waals surface area contributed by atoms with Gasteiger partial charge in [-0.3, -0.25) is 9.59 Å². The Balaban J connectivity index is 1.56. The van der Waals surface area contributed by atoms with E-state index in [0.29, 0.717) is 44.0 Å². The average molecular weight is 480 g/mol. The summed E-state index contributed by atoms with van der Waals surface area (Å²) < 4.78 is 32.0. The molecule has 0 spiro atoms. The lowest BCUT2D eigenvalue weighted by atomic mass is 10.1. The van der Waals surface area contributed by atoms with Crippen LogP contribution in [0.2, 0.25) is 5.02 Å². The standard InChI is InChI=1S/C22H26ClN3O5S/c1-25(2)22(28)19-9-6-17(15-20(19)23)24-21(27)10-5-16-3-7-18(8-4-16)32(29,30)26-11-13-31-14-12-26/h3-4,6-9,15H,5,10-14H2,1-2H3,(H,24,27). The molecule has 1 fully saturated rings. The lowest BCUT2D eigenvalue weighted by Gasteiger charge is -2.26. The molecule has 0 unspecified atom stereocenters. The van der Waals surface area contributed by atoms with Crippen LogP contribution in [0.1, 0.15) is 22.3 Å².